The Balaban J connectivity index is 1.33. The number of anilines is 1. The Morgan fingerprint density at radius 1 is 1.16 bits per heavy atom. The number of phenols is 1. The van der Waals surface area contributed by atoms with Gasteiger partial charge in [-0.3, -0.25) is 9.88 Å². The van der Waals surface area contributed by atoms with Crippen molar-refractivity contribution in [1.29, 1.82) is 0 Å². The van der Waals surface area contributed by atoms with Crippen molar-refractivity contribution >= 4 is 16.7 Å². The van der Waals surface area contributed by atoms with Gasteiger partial charge in [0.25, 0.3) is 0 Å². The molecule has 4 saturated heterocycles. The smallest absolute Gasteiger partial charge is 0.418 e. The number of hydrogen-bond acceptors (Lipinski definition) is 9. The summed E-state index contributed by atoms with van der Waals surface area (Å²) >= 11 is 0. The van der Waals surface area contributed by atoms with Crippen LogP contribution in [0.25, 0.3) is 22.2 Å². The molecule has 1 aromatic carbocycles. The molecule has 5 atom stereocenters. The van der Waals surface area contributed by atoms with Crippen LogP contribution in [-0.2, 0) is 4.74 Å². The van der Waals surface area contributed by atoms with Gasteiger partial charge in [-0.1, -0.05) is 6.07 Å². The molecule has 236 valence electrons. The van der Waals surface area contributed by atoms with Crippen LogP contribution in [0.3, 0.4) is 0 Å². The highest BCUT2D eigenvalue weighted by atomic mass is 19.4. The second-order valence-corrected chi connectivity index (χ2v) is 12.3. The molecule has 2 aromatic heterocycles. The Morgan fingerprint density at radius 2 is 1.93 bits per heavy atom. The Kier molecular flexibility index (Phi) is 7.28. The van der Waals surface area contributed by atoms with Crippen LogP contribution in [0.15, 0.2) is 24.4 Å². The quantitative estimate of drug-likeness (QED) is 0.365. The fraction of sp³-hybridized carbons (Fsp3) is 0.567. The fourth-order valence-corrected chi connectivity index (χ4v) is 7.55. The summed E-state index contributed by atoms with van der Waals surface area (Å²) in [6.45, 7) is 2.47. The van der Waals surface area contributed by atoms with Gasteiger partial charge in [-0.05, 0) is 49.9 Å². The highest BCUT2D eigenvalue weighted by Gasteiger charge is 2.49. The van der Waals surface area contributed by atoms with Crippen LogP contribution < -0.4 is 15.0 Å². The molecule has 44 heavy (non-hydrogen) atoms. The van der Waals surface area contributed by atoms with E-state index in [1.165, 1.54) is 6.20 Å². The van der Waals surface area contributed by atoms with E-state index in [1.807, 2.05) is 4.90 Å². The molecule has 0 aliphatic carbocycles. The molecule has 4 aliphatic heterocycles. The summed E-state index contributed by atoms with van der Waals surface area (Å²) in [6.07, 6.45) is -2.81. The molecule has 9 nitrogen and oxygen atoms in total. The number of methoxy groups -OCH3 is 1. The van der Waals surface area contributed by atoms with Crippen molar-refractivity contribution in [2.24, 2.45) is 0 Å². The van der Waals surface area contributed by atoms with E-state index < -0.39 is 41.1 Å². The fourth-order valence-electron chi connectivity index (χ4n) is 7.55. The monoisotopic (exact) mass is 620 g/mol. The van der Waals surface area contributed by atoms with Gasteiger partial charge in [-0.25, -0.2) is 8.78 Å². The minimum atomic E-state index is -4.81. The van der Waals surface area contributed by atoms with E-state index in [-0.39, 0.29) is 46.9 Å². The Hall–Kier alpha value is -3.36. The molecule has 6 heterocycles. The third kappa shape index (κ3) is 5.10. The molecular weight excluding hydrogens is 587 g/mol. The number of nitrogens with zero attached hydrogens (tertiary/aromatic N) is 5. The largest absolute Gasteiger partial charge is 0.508 e. The zero-order valence-corrected chi connectivity index (χ0v) is 24.1. The maximum atomic E-state index is 16.5. The van der Waals surface area contributed by atoms with Crippen molar-refractivity contribution in [3.63, 3.8) is 0 Å². The van der Waals surface area contributed by atoms with Crippen LogP contribution in [0, 0.1) is 5.82 Å². The summed E-state index contributed by atoms with van der Waals surface area (Å²) in [5, 5.41) is 14.0. The molecule has 4 aliphatic rings. The summed E-state index contributed by atoms with van der Waals surface area (Å²) < 4.78 is 83.5. The first kappa shape index (κ1) is 29.4. The van der Waals surface area contributed by atoms with Gasteiger partial charge in [0.15, 0.2) is 11.9 Å². The minimum absolute atomic E-state index is 0.0980. The highest BCUT2D eigenvalue weighted by molar-refractivity contribution is 5.92. The number of alkyl halides is 4. The van der Waals surface area contributed by atoms with Gasteiger partial charge in [-0.2, -0.15) is 23.1 Å². The maximum absolute atomic E-state index is 16.5. The molecule has 0 spiro atoms. The summed E-state index contributed by atoms with van der Waals surface area (Å²) in [4.78, 5) is 17.5. The average Bonchev–Trinajstić information content (AvgIpc) is 3.62. The lowest BCUT2D eigenvalue weighted by molar-refractivity contribution is -0.215. The van der Waals surface area contributed by atoms with Gasteiger partial charge in [-0.15, -0.1) is 0 Å². The Bertz CT molecular complexity index is 1560. The lowest BCUT2D eigenvalue weighted by Crippen LogP contribution is -2.51. The van der Waals surface area contributed by atoms with Crippen molar-refractivity contribution in [1.82, 2.24) is 25.2 Å². The van der Waals surface area contributed by atoms with Gasteiger partial charge in [0, 0.05) is 57.0 Å². The number of pyridine rings is 1. The molecule has 0 radical (unpaired) electrons. The first-order chi connectivity index (χ1) is 21.0. The van der Waals surface area contributed by atoms with Crippen molar-refractivity contribution < 1.29 is 36.5 Å². The van der Waals surface area contributed by atoms with Crippen molar-refractivity contribution in [3.05, 3.63) is 35.8 Å². The summed E-state index contributed by atoms with van der Waals surface area (Å²) in [5.74, 6) is -0.935. The van der Waals surface area contributed by atoms with Crippen LogP contribution in [0.2, 0.25) is 0 Å². The number of aromatic hydroxyl groups is 1. The van der Waals surface area contributed by atoms with E-state index in [2.05, 4.69) is 20.2 Å². The number of rotatable bonds is 7. The number of piperazine rings is 1. The van der Waals surface area contributed by atoms with Crippen LogP contribution in [0.4, 0.5) is 27.8 Å². The van der Waals surface area contributed by atoms with E-state index in [0.29, 0.717) is 31.9 Å². The third-order valence-electron chi connectivity index (χ3n) is 9.50. The number of ether oxygens (including phenoxy) is 2. The van der Waals surface area contributed by atoms with Crippen LogP contribution in [-0.4, -0.2) is 94.8 Å². The predicted octanol–water partition coefficient (Wildman–Crippen LogP) is 4.68. The lowest BCUT2D eigenvalue weighted by atomic mass is 9.95. The third-order valence-corrected chi connectivity index (χ3v) is 9.50. The van der Waals surface area contributed by atoms with Gasteiger partial charge in [0.05, 0.1) is 10.9 Å². The van der Waals surface area contributed by atoms with Gasteiger partial charge >= 0.3 is 12.2 Å². The average molecular weight is 621 g/mol. The van der Waals surface area contributed by atoms with Gasteiger partial charge in [0.1, 0.15) is 35.6 Å². The van der Waals surface area contributed by atoms with Crippen molar-refractivity contribution in [2.45, 2.75) is 68.2 Å². The SMILES string of the molecule is COC(c1ccc(O)cc1-c1ncc2c(N3CC4CCC(C3)N4)nc(OC[C@@]34CCCN3C[C@H](F)C4)nc2c1F)C(F)(F)F. The second kappa shape index (κ2) is 10.9. The molecule has 4 fully saturated rings. The molecule has 3 aromatic rings. The second-order valence-electron chi connectivity index (χ2n) is 12.3. The van der Waals surface area contributed by atoms with E-state index >= 15 is 4.39 Å². The van der Waals surface area contributed by atoms with Crippen LogP contribution in [0.5, 0.6) is 11.8 Å². The van der Waals surface area contributed by atoms with Crippen molar-refractivity contribution in [2.75, 3.05) is 44.8 Å². The Labute approximate surface area is 250 Å². The maximum Gasteiger partial charge on any atom is 0.418 e. The van der Waals surface area contributed by atoms with Crippen LogP contribution >= 0.6 is 0 Å². The molecule has 2 bridgehead atoms. The van der Waals surface area contributed by atoms with E-state index in [9.17, 15) is 22.7 Å². The molecule has 14 heteroatoms. The van der Waals surface area contributed by atoms with Crippen molar-refractivity contribution in [3.8, 4) is 23.0 Å². The number of hydrogen-bond donors (Lipinski definition) is 2. The first-order valence-corrected chi connectivity index (χ1v) is 14.9. The first-order valence-electron chi connectivity index (χ1n) is 14.9. The van der Waals surface area contributed by atoms with Gasteiger partial charge < -0.3 is 24.8 Å². The molecular formula is C30H33F5N6O3. The minimum Gasteiger partial charge on any atom is -0.508 e. The molecule has 0 saturated carbocycles. The topological polar surface area (TPSA) is 95.9 Å². The summed E-state index contributed by atoms with van der Waals surface area (Å²) in [5.41, 5.74) is -1.78. The molecule has 3 unspecified atom stereocenters. The summed E-state index contributed by atoms with van der Waals surface area (Å²) in [6, 6.07) is 3.51. The predicted molar refractivity (Wildman–Crippen MR) is 151 cm³/mol. The number of fused-ring (bicyclic) bond motifs is 4. The molecule has 2 N–H and O–H groups in total. The number of aromatic nitrogens is 3. The van der Waals surface area contributed by atoms with E-state index in [4.69, 9.17) is 14.5 Å². The highest BCUT2D eigenvalue weighted by Crippen LogP contribution is 2.43. The number of benzene rings is 1. The normalized spacial score (nSPS) is 27.7. The zero-order chi connectivity index (χ0) is 30.8. The van der Waals surface area contributed by atoms with E-state index in [0.717, 1.165) is 57.5 Å². The summed E-state index contributed by atoms with van der Waals surface area (Å²) in [7, 11) is 0.906. The lowest BCUT2D eigenvalue weighted by Gasteiger charge is -2.34. The standard InChI is InChI=1S/C30H33F5N6O3/c1-43-26(30(33,34)35)20-6-5-19(42)9-21(20)24-23(32)25-22(11-36-24)27(40-13-17-3-4-18(14-40)37-17)39-28(38-25)44-15-29-7-2-8-41(29)12-16(31)10-29/h5-6,9,11,16-18,26,37,42H,2-4,7-8,10,12-15H2,1H3/t16-,17?,18?,26?,29+/m1/s1. The van der Waals surface area contributed by atoms with Crippen LogP contribution in [0.1, 0.15) is 43.8 Å². The number of phenolic OH excluding ortho intramolecular Hbond substituents is 1. The molecule has 0 amide bonds. The molecule has 7 rings (SSSR count). The zero-order valence-electron chi connectivity index (χ0n) is 24.1. The Morgan fingerprint density at radius 3 is 2.66 bits per heavy atom. The number of halogens is 5. The van der Waals surface area contributed by atoms with Gasteiger partial charge in [0.2, 0.25) is 0 Å². The van der Waals surface area contributed by atoms with E-state index in [1.54, 1.807) is 0 Å². The number of nitrogens with one attached hydrogen (secondary N) is 1.